The highest BCUT2D eigenvalue weighted by molar-refractivity contribution is 6.31. The first-order valence-corrected chi connectivity index (χ1v) is 10.4. The fourth-order valence-corrected chi connectivity index (χ4v) is 4.10. The Morgan fingerprint density at radius 2 is 2.00 bits per heavy atom. The summed E-state index contributed by atoms with van der Waals surface area (Å²) >= 11 is 6.31. The van der Waals surface area contributed by atoms with Crippen LogP contribution in [0, 0.1) is 0 Å². The van der Waals surface area contributed by atoms with Crippen LogP contribution in [-0.2, 0) is 17.6 Å². The second kappa shape index (κ2) is 9.19. The van der Waals surface area contributed by atoms with E-state index < -0.39 is 0 Å². The molecule has 1 atom stereocenters. The lowest BCUT2D eigenvalue weighted by Crippen LogP contribution is -2.40. The minimum absolute atomic E-state index is 0.162. The standard InChI is InChI=1S/C24H24ClN3O/c25-22-10-2-1-7-19(22)15-21-9-3-11-23(27-21)20-8-5-13-28(17-20)24(29)14-18-6-4-12-26-16-18/h1-4,6-7,9-12,16,20H,5,8,13-15,17H2. The van der Waals surface area contributed by atoms with Crippen LogP contribution in [0.5, 0.6) is 0 Å². The van der Waals surface area contributed by atoms with Crippen LogP contribution in [0.1, 0.15) is 41.3 Å². The molecule has 2 aromatic heterocycles. The molecule has 0 radical (unpaired) electrons. The molecule has 1 aliphatic heterocycles. The summed E-state index contributed by atoms with van der Waals surface area (Å²) in [6, 6.07) is 17.9. The van der Waals surface area contributed by atoms with Crippen molar-refractivity contribution in [3.8, 4) is 0 Å². The Kier molecular flexibility index (Phi) is 6.20. The molecule has 1 aliphatic rings. The van der Waals surface area contributed by atoms with Crippen LogP contribution >= 0.6 is 11.6 Å². The smallest absolute Gasteiger partial charge is 0.227 e. The zero-order valence-corrected chi connectivity index (χ0v) is 17.1. The number of nitrogens with zero attached hydrogens (tertiary/aromatic N) is 3. The third-order valence-corrected chi connectivity index (χ3v) is 5.80. The predicted molar refractivity (Wildman–Crippen MR) is 115 cm³/mol. The Hall–Kier alpha value is -2.72. The zero-order valence-electron chi connectivity index (χ0n) is 16.3. The number of piperidine rings is 1. The molecule has 0 saturated carbocycles. The van der Waals surface area contributed by atoms with E-state index in [-0.39, 0.29) is 11.8 Å². The lowest BCUT2D eigenvalue weighted by Gasteiger charge is -2.32. The number of hydrogen-bond acceptors (Lipinski definition) is 3. The van der Waals surface area contributed by atoms with Crippen LogP contribution in [0.25, 0.3) is 0 Å². The molecule has 3 aromatic rings. The van der Waals surface area contributed by atoms with Crippen molar-refractivity contribution in [3.63, 3.8) is 0 Å². The van der Waals surface area contributed by atoms with Crippen LogP contribution in [0.15, 0.2) is 67.0 Å². The number of benzene rings is 1. The summed E-state index contributed by atoms with van der Waals surface area (Å²) in [5, 5.41) is 0.768. The average molecular weight is 406 g/mol. The summed E-state index contributed by atoms with van der Waals surface area (Å²) in [4.78, 5) is 23.7. The number of hydrogen-bond donors (Lipinski definition) is 0. The molecule has 0 spiro atoms. The fraction of sp³-hybridized carbons (Fsp3) is 0.292. The average Bonchev–Trinajstić information content (AvgIpc) is 2.76. The molecule has 5 heteroatoms. The van der Waals surface area contributed by atoms with Crippen molar-refractivity contribution in [2.24, 2.45) is 0 Å². The number of rotatable bonds is 5. The van der Waals surface area contributed by atoms with Gasteiger partial charge in [-0.3, -0.25) is 14.8 Å². The molecule has 1 aromatic carbocycles. The van der Waals surface area contributed by atoms with Crippen molar-refractivity contribution in [1.29, 1.82) is 0 Å². The maximum Gasteiger partial charge on any atom is 0.227 e. The van der Waals surface area contributed by atoms with E-state index in [4.69, 9.17) is 16.6 Å². The Balaban J connectivity index is 1.44. The van der Waals surface area contributed by atoms with Gasteiger partial charge in [-0.25, -0.2) is 0 Å². The highest BCUT2D eigenvalue weighted by Crippen LogP contribution is 2.27. The molecule has 1 amide bonds. The van der Waals surface area contributed by atoms with Crippen molar-refractivity contribution < 1.29 is 4.79 Å². The maximum atomic E-state index is 12.8. The van der Waals surface area contributed by atoms with Gasteiger partial charge in [-0.05, 0) is 48.2 Å². The van der Waals surface area contributed by atoms with Crippen LogP contribution in [-0.4, -0.2) is 33.9 Å². The molecule has 4 nitrogen and oxygen atoms in total. The van der Waals surface area contributed by atoms with Gasteiger partial charge in [-0.1, -0.05) is 41.9 Å². The van der Waals surface area contributed by atoms with E-state index >= 15 is 0 Å². The minimum Gasteiger partial charge on any atom is -0.342 e. The Morgan fingerprint density at radius 3 is 2.83 bits per heavy atom. The van der Waals surface area contributed by atoms with Crippen molar-refractivity contribution in [1.82, 2.24) is 14.9 Å². The lowest BCUT2D eigenvalue weighted by atomic mass is 9.93. The molecule has 1 unspecified atom stereocenters. The number of aromatic nitrogens is 2. The zero-order chi connectivity index (χ0) is 20.1. The van der Waals surface area contributed by atoms with E-state index in [0.717, 1.165) is 53.5 Å². The van der Waals surface area contributed by atoms with Crippen LogP contribution in [0.3, 0.4) is 0 Å². The van der Waals surface area contributed by atoms with Gasteiger partial charge in [0, 0.05) is 54.2 Å². The van der Waals surface area contributed by atoms with E-state index in [1.807, 2.05) is 47.4 Å². The van der Waals surface area contributed by atoms with Crippen molar-refractivity contribution in [2.45, 2.75) is 31.6 Å². The first-order valence-electron chi connectivity index (χ1n) is 10.0. The molecular formula is C24H24ClN3O. The second-order valence-electron chi connectivity index (χ2n) is 7.54. The van der Waals surface area contributed by atoms with Gasteiger partial charge in [0.2, 0.25) is 5.91 Å². The van der Waals surface area contributed by atoms with Crippen molar-refractivity contribution in [3.05, 3.63) is 94.5 Å². The molecule has 4 rings (SSSR count). The van der Waals surface area contributed by atoms with Gasteiger partial charge in [0.15, 0.2) is 0 Å². The summed E-state index contributed by atoms with van der Waals surface area (Å²) in [6.45, 7) is 1.54. The third kappa shape index (κ3) is 5.01. The molecule has 0 aliphatic carbocycles. The summed E-state index contributed by atoms with van der Waals surface area (Å²) in [6.07, 6.45) is 6.66. The lowest BCUT2D eigenvalue weighted by molar-refractivity contribution is -0.131. The molecule has 29 heavy (non-hydrogen) atoms. The Bertz CT molecular complexity index is 977. The number of pyridine rings is 2. The van der Waals surface area contributed by atoms with E-state index in [1.165, 1.54) is 0 Å². The van der Waals surface area contributed by atoms with E-state index in [2.05, 4.69) is 17.1 Å². The Morgan fingerprint density at radius 1 is 1.10 bits per heavy atom. The second-order valence-corrected chi connectivity index (χ2v) is 7.95. The van der Waals surface area contributed by atoms with Crippen molar-refractivity contribution in [2.75, 3.05) is 13.1 Å². The predicted octanol–water partition coefficient (Wildman–Crippen LogP) is 4.67. The number of carbonyl (C=O) groups is 1. The monoisotopic (exact) mass is 405 g/mol. The topological polar surface area (TPSA) is 46.1 Å². The fourth-order valence-electron chi connectivity index (χ4n) is 3.90. The Labute approximate surface area is 176 Å². The molecule has 1 fully saturated rings. The summed E-state index contributed by atoms with van der Waals surface area (Å²) in [7, 11) is 0. The molecule has 0 N–H and O–H groups in total. The largest absolute Gasteiger partial charge is 0.342 e. The molecular weight excluding hydrogens is 382 g/mol. The maximum absolute atomic E-state index is 12.8. The SMILES string of the molecule is O=C(Cc1cccnc1)N1CCCC(c2cccc(Cc3ccccc3Cl)n2)C1. The van der Waals surface area contributed by atoms with Crippen LogP contribution in [0.2, 0.25) is 5.02 Å². The van der Waals surface area contributed by atoms with Gasteiger partial charge in [0.25, 0.3) is 0 Å². The summed E-state index contributed by atoms with van der Waals surface area (Å²) in [5.41, 5.74) is 4.11. The first-order chi connectivity index (χ1) is 14.2. The van der Waals surface area contributed by atoms with E-state index in [9.17, 15) is 4.79 Å². The minimum atomic E-state index is 0.162. The van der Waals surface area contributed by atoms with Crippen LogP contribution in [0.4, 0.5) is 0 Å². The molecule has 1 saturated heterocycles. The third-order valence-electron chi connectivity index (χ3n) is 5.43. The highest BCUT2D eigenvalue weighted by Gasteiger charge is 2.25. The van der Waals surface area contributed by atoms with Gasteiger partial charge in [0.05, 0.1) is 6.42 Å². The van der Waals surface area contributed by atoms with Gasteiger partial charge in [-0.2, -0.15) is 0 Å². The molecule has 0 bridgehead atoms. The highest BCUT2D eigenvalue weighted by atomic mass is 35.5. The number of amides is 1. The number of carbonyl (C=O) groups excluding carboxylic acids is 1. The number of likely N-dealkylation sites (tertiary alicyclic amines) is 1. The molecule has 3 heterocycles. The van der Waals surface area contributed by atoms with Crippen LogP contribution < -0.4 is 0 Å². The summed E-state index contributed by atoms with van der Waals surface area (Å²) < 4.78 is 0. The molecule has 148 valence electrons. The van der Waals surface area contributed by atoms with Crippen molar-refractivity contribution >= 4 is 17.5 Å². The van der Waals surface area contributed by atoms with Gasteiger partial charge < -0.3 is 4.90 Å². The van der Waals surface area contributed by atoms with Gasteiger partial charge >= 0.3 is 0 Å². The summed E-state index contributed by atoms with van der Waals surface area (Å²) in [5.74, 6) is 0.433. The number of halogens is 1. The van der Waals surface area contributed by atoms with Gasteiger partial charge in [-0.15, -0.1) is 0 Å². The van der Waals surface area contributed by atoms with Gasteiger partial charge in [0.1, 0.15) is 0 Å². The first kappa shape index (κ1) is 19.6. The van der Waals surface area contributed by atoms with E-state index in [0.29, 0.717) is 12.8 Å². The normalized spacial score (nSPS) is 16.6. The van der Waals surface area contributed by atoms with E-state index in [1.54, 1.807) is 12.4 Å². The quantitative estimate of drug-likeness (QED) is 0.619.